The molecule has 1 aromatic rings. The van der Waals surface area contributed by atoms with E-state index in [-0.39, 0.29) is 6.79 Å². The summed E-state index contributed by atoms with van der Waals surface area (Å²) in [6, 6.07) is 3.66. The summed E-state index contributed by atoms with van der Waals surface area (Å²) in [5.74, 6) is 1.39. The quantitative estimate of drug-likeness (QED) is 0.850. The fourth-order valence-electron chi connectivity index (χ4n) is 1.89. The molecule has 0 bridgehead atoms. The van der Waals surface area contributed by atoms with Crippen molar-refractivity contribution in [1.29, 1.82) is 0 Å². The Morgan fingerprint density at radius 2 is 2.12 bits per heavy atom. The molecule has 1 aliphatic heterocycles. The number of hydrogen-bond donors (Lipinski definition) is 1. The van der Waals surface area contributed by atoms with Crippen LogP contribution in [0.4, 0.5) is 0 Å². The van der Waals surface area contributed by atoms with E-state index in [1.807, 2.05) is 12.1 Å². The molecular weight excluding hydrogens is 208 g/mol. The van der Waals surface area contributed by atoms with Gasteiger partial charge in [-0.05, 0) is 25.5 Å². The fourth-order valence-corrected chi connectivity index (χ4v) is 1.89. The van der Waals surface area contributed by atoms with Crippen LogP contribution in [0.2, 0.25) is 0 Å². The molecule has 0 spiro atoms. The molecule has 4 heteroatoms. The molecule has 0 atom stereocenters. The lowest BCUT2D eigenvalue weighted by Crippen LogP contribution is -2.18. The Morgan fingerprint density at radius 1 is 1.38 bits per heavy atom. The van der Waals surface area contributed by atoms with Crippen LogP contribution >= 0.6 is 0 Å². The minimum atomic E-state index is -0.922. The molecule has 1 N–H and O–H groups in total. The second-order valence-corrected chi connectivity index (χ2v) is 4.32. The van der Waals surface area contributed by atoms with Gasteiger partial charge in [0.25, 0.3) is 0 Å². The molecule has 2 rings (SSSR count). The largest absolute Gasteiger partial charge is 0.454 e. The van der Waals surface area contributed by atoms with Gasteiger partial charge in [-0.1, -0.05) is 6.07 Å². The highest BCUT2D eigenvalue weighted by molar-refractivity contribution is 5.53. The first-order chi connectivity index (χ1) is 7.54. The summed E-state index contributed by atoms with van der Waals surface area (Å²) >= 11 is 0. The third-order valence-electron chi connectivity index (χ3n) is 2.59. The highest BCUT2D eigenvalue weighted by atomic mass is 16.7. The van der Waals surface area contributed by atoms with Crippen LogP contribution < -0.4 is 9.47 Å². The van der Waals surface area contributed by atoms with Crippen molar-refractivity contribution in [2.45, 2.75) is 26.1 Å². The summed E-state index contributed by atoms with van der Waals surface area (Å²) in [4.78, 5) is 0. The van der Waals surface area contributed by atoms with Gasteiger partial charge >= 0.3 is 0 Å². The summed E-state index contributed by atoms with van der Waals surface area (Å²) in [6.07, 6.45) is 0. The van der Waals surface area contributed by atoms with E-state index in [2.05, 4.69) is 0 Å². The Kier molecular flexibility index (Phi) is 2.78. The lowest BCUT2D eigenvalue weighted by atomic mass is 9.92. The number of methoxy groups -OCH3 is 1. The summed E-state index contributed by atoms with van der Waals surface area (Å²) < 4.78 is 15.8. The van der Waals surface area contributed by atoms with Gasteiger partial charge in [-0.15, -0.1) is 0 Å². The van der Waals surface area contributed by atoms with Crippen LogP contribution in [0, 0.1) is 0 Å². The maximum atomic E-state index is 10.1. The monoisotopic (exact) mass is 224 g/mol. The lowest BCUT2D eigenvalue weighted by molar-refractivity contribution is 0.0740. The highest BCUT2D eigenvalue weighted by Gasteiger charge is 2.27. The average molecular weight is 224 g/mol. The first-order valence-electron chi connectivity index (χ1n) is 5.17. The molecule has 0 fully saturated rings. The maximum Gasteiger partial charge on any atom is 0.231 e. The zero-order chi connectivity index (χ0) is 11.8. The summed E-state index contributed by atoms with van der Waals surface area (Å²) in [6.45, 7) is 4.10. The van der Waals surface area contributed by atoms with E-state index in [0.717, 1.165) is 11.1 Å². The van der Waals surface area contributed by atoms with Crippen molar-refractivity contribution in [3.8, 4) is 11.5 Å². The van der Waals surface area contributed by atoms with Crippen molar-refractivity contribution in [3.63, 3.8) is 0 Å². The molecule has 0 amide bonds. The molecule has 0 saturated heterocycles. The van der Waals surface area contributed by atoms with Gasteiger partial charge in [0.15, 0.2) is 11.5 Å². The second-order valence-electron chi connectivity index (χ2n) is 4.32. The second kappa shape index (κ2) is 3.96. The standard InChI is InChI=1S/C12H16O4/c1-12(2,13)9-4-5-10-11(16-7-15-10)8(9)6-14-3/h4-5,13H,6-7H2,1-3H3. The smallest absolute Gasteiger partial charge is 0.231 e. The third-order valence-corrected chi connectivity index (χ3v) is 2.59. The molecule has 88 valence electrons. The summed E-state index contributed by atoms with van der Waals surface area (Å²) in [5.41, 5.74) is 0.734. The predicted molar refractivity (Wildman–Crippen MR) is 58.5 cm³/mol. The Morgan fingerprint density at radius 3 is 2.75 bits per heavy atom. The molecule has 16 heavy (non-hydrogen) atoms. The number of hydrogen-bond acceptors (Lipinski definition) is 4. The van der Waals surface area contributed by atoms with Gasteiger partial charge in [0.05, 0.1) is 12.2 Å². The van der Waals surface area contributed by atoms with E-state index in [0.29, 0.717) is 18.1 Å². The van der Waals surface area contributed by atoms with Crippen molar-refractivity contribution in [1.82, 2.24) is 0 Å². The van der Waals surface area contributed by atoms with Gasteiger partial charge in [0, 0.05) is 12.7 Å². The predicted octanol–water partition coefficient (Wildman–Crippen LogP) is 1.79. The van der Waals surface area contributed by atoms with Gasteiger partial charge in [-0.3, -0.25) is 0 Å². The highest BCUT2D eigenvalue weighted by Crippen LogP contribution is 2.40. The van der Waals surface area contributed by atoms with Crippen LogP contribution in [0.3, 0.4) is 0 Å². The van der Waals surface area contributed by atoms with Crippen molar-refractivity contribution in [3.05, 3.63) is 23.3 Å². The zero-order valence-electron chi connectivity index (χ0n) is 9.74. The van der Waals surface area contributed by atoms with E-state index >= 15 is 0 Å². The van der Waals surface area contributed by atoms with Gasteiger partial charge in [0.1, 0.15) is 0 Å². The Bertz CT molecular complexity index is 393. The minimum absolute atomic E-state index is 0.224. The van der Waals surface area contributed by atoms with Crippen molar-refractivity contribution in [2.24, 2.45) is 0 Å². The van der Waals surface area contributed by atoms with Crippen molar-refractivity contribution < 1.29 is 19.3 Å². The van der Waals surface area contributed by atoms with Crippen LogP contribution in [0.1, 0.15) is 25.0 Å². The average Bonchev–Trinajstić information content (AvgIpc) is 2.64. The third kappa shape index (κ3) is 1.86. The first kappa shape index (κ1) is 11.2. The molecule has 0 aliphatic carbocycles. The molecule has 0 radical (unpaired) electrons. The Labute approximate surface area is 94.8 Å². The number of aliphatic hydroxyl groups is 1. The van der Waals surface area contributed by atoms with Crippen LogP contribution in [-0.4, -0.2) is 19.0 Å². The summed E-state index contributed by atoms with van der Waals surface area (Å²) in [5, 5.41) is 10.1. The van der Waals surface area contributed by atoms with E-state index < -0.39 is 5.60 Å². The minimum Gasteiger partial charge on any atom is -0.454 e. The molecule has 1 heterocycles. The van der Waals surface area contributed by atoms with E-state index in [1.54, 1.807) is 21.0 Å². The van der Waals surface area contributed by atoms with Crippen LogP contribution in [-0.2, 0) is 16.9 Å². The number of rotatable bonds is 3. The molecule has 1 aromatic carbocycles. The van der Waals surface area contributed by atoms with E-state index in [1.165, 1.54) is 0 Å². The molecule has 1 aliphatic rings. The van der Waals surface area contributed by atoms with E-state index in [9.17, 15) is 5.11 Å². The topological polar surface area (TPSA) is 47.9 Å². The molecule has 4 nitrogen and oxygen atoms in total. The number of ether oxygens (including phenoxy) is 3. The van der Waals surface area contributed by atoms with Crippen LogP contribution in [0.5, 0.6) is 11.5 Å². The lowest BCUT2D eigenvalue weighted by Gasteiger charge is -2.22. The van der Waals surface area contributed by atoms with Crippen molar-refractivity contribution in [2.75, 3.05) is 13.9 Å². The van der Waals surface area contributed by atoms with E-state index in [4.69, 9.17) is 14.2 Å². The van der Waals surface area contributed by atoms with Crippen LogP contribution in [0.25, 0.3) is 0 Å². The Balaban J connectivity index is 2.53. The van der Waals surface area contributed by atoms with Gasteiger partial charge < -0.3 is 19.3 Å². The van der Waals surface area contributed by atoms with Gasteiger partial charge in [-0.2, -0.15) is 0 Å². The zero-order valence-corrected chi connectivity index (χ0v) is 9.74. The first-order valence-corrected chi connectivity index (χ1v) is 5.17. The normalized spacial score (nSPS) is 14.2. The summed E-state index contributed by atoms with van der Waals surface area (Å²) in [7, 11) is 1.61. The maximum absolute atomic E-state index is 10.1. The molecule has 0 unspecified atom stereocenters. The molecular formula is C12H16O4. The van der Waals surface area contributed by atoms with Gasteiger partial charge in [-0.25, -0.2) is 0 Å². The van der Waals surface area contributed by atoms with Gasteiger partial charge in [0.2, 0.25) is 6.79 Å². The van der Waals surface area contributed by atoms with Crippen LogP contribution in [0.15, 0.2) is 12.1 Å². The number of fused-ring (bicyclic) bond motifs is 1. The molecule has 0 aromatic heterocycles. The Hall–Kier alpha value is -1.26. The fraction of sp³-hybridized carbons (Fsp3) is 0.500. The number of benzene rings is 1. The molecule has 0 saturated carbocycles. The van der Waals surface area contributed by atoms with Crippen molar-refractivity contribution >= 4 is 0 Å². The SMILES string of the molecule is COCc1c(C(C)(C)O)ccc2c1OCO2.